The highest BCUT2D eigenvalue weighted by atomic mass is 32.1. The van der Waals surface area contributed by atoms with E-state index in [1.165, 1.54) is 25.7 Å². The molecular weight excluding hydrogens is 282 g/mol. The number of rotatable bonds is 5. The van der Waals surface area contributed by atoms with E-state index in [2.05, 4.69) is 33.5 Å². The topological polar surface area (TPSA) is 41.8 Å². The van der Waals surface area contributed by atoms with E-state index >= 15 is 0 Å². The maximum Gasteiger partial charge on any atom is 0.179 e. The van der Waals surface area contributed by atoms with Crippen LogP contribution in [0.2, 0.25) is 0 Å². The standard InChI is InChI=1S/C15H25N5S/c1-4-12-13-14(19(3)17-12)20(15(21)16-13)10-9-18(2)11-7-5-6-8-11/h11H,4-10H2,1-3H3,(H,16,21). The Morgan fingerprint density at radius 1 is 1.38 bits per heavy atom. The second-order valence-electron chi connectivity index (χ2n) is 6.12. The van der Waals surface area contributed by atoms with E-state index in [4.69, 9.17) is 12.2 Å². The van der Waals surface area contributed by atoms with Crippen LogP contribution < -0.4 is 0 Å². The minimum absolute atomic E-state index is 0.756. The Labute approximate surface area is 130 Å². The van der Waals surface area contributed by atoms with Gasteiger partial charge < -0.3 is 14.5 Å². The average molecular weight is 307 g/mol. The molecule has 116 valence electrons. The third-order valence-electron chi connectivity index (χ3n) is 4.78. The molecule has 0 spiro atoms. The molecule has 1 aliphatic rings. The minimum atomic E-state index is 0.756. The van der Waals surface area contributed by atoms with Crippen LogP contribution in [-0.2, 0) is 20.0 Å². The van der Waals surface area contributed by atoms with Crippen molar-refractivity contribution in [3.63, 3.8) is 0 Å². The van der Waals surface area contributed by atoms with Crippen LogP contribution >= 0.6 is 12.2 Å². The molecule has 6 heteroatoms. The van der Waals surface area contributed by atoms with Crippen LogP contribution in [0.15, 0.2) is 0 Å². The summed E-state index contributed by atoms with van der Waals surface area (Å²) in [6, 6.07) is 0.756. The smallest absolute Gasteiger partial charge is 0.179 e. The lowest BCUT2D eigenvalue weighted by Crippen LogP contribution is -2.32. The van der Waals surface area contributed by atoms with Crippen LogP contribution in [0, 0.1) is 4.77 Å². The van der Waals surface area contributed by atoms with Crippen molar-refractivity contribution in [2.24, 2.45) is 7.05 Å². The quantitative estimate of drug-likeness (QED) is 0.864. The summed E-state index contributed by atoms with van der Waals surface area (Å²) < 4.78 is 4.96. The lowest BCUT2D eigenvalue weighted by atomic mass is 10.2. The fraction of sp³-hybridized carbons (Fsp3) is 0.733. The Kier molecular flexibility index (Phi) is 4.17. The van der Waals surface area contributed by atoms with Gasteiger partial charge in [-0.05, 0) is 38.5 Å². The fourth-order valence-corrected chi connectivity index (χ4v) is 3.80. The average Bonchev–Trinajstić information content (AvgIpc) is 3.15. The van der Waals surface area contributed by atoms with Gasteiger partial charge in [-0.2, -0.15) is 5.10 Å². The van der Waals surface area contributed by atoms with Gasteiger partial charge in [0, 0.05) is 26.2 Å². The van der Waals surface area contributed by atoms with Gasteiger partial charge in [-0.1, -0.05) is 19.8 Å². The molecule has 2 aromatic heterocycles. The lowest BCUT2D eigenvalue weighted by Gasteiger charge is -2.24. The van der Waals surface area contributed by atoms with Gasteiger partial charge in [-0.15, -0.1) is 0 Å². The summed E-state index contributed by atoms with van der Waals surface area (Å²) in [6.45, 7) is 4.09. The van der Waals surface area contributed by atoms with E-state index in [1.807, 2.05) is 11.7 Å². The summed E-state index contributed by atoms with van der Waals surface area (Å²) >= 11 is 5.51. The van der Waals surface area contributed by atoms with E-state index in [-0.39, 0.29) is 0 Å². The molecule has 0 aromatic carbocycles. The van der Waals surface area contributed by atoms with Gasteiger partial charge in [0.2, 0.25) is 0 Å². The number of likely N-dealkylation sites (N-methyl/N-ethyl adjacent to an activating group) is 1. The number of imidazole rings is 1. The zero-order valence-electron chi connectivity index (χ0n) is 13.2. The number of hydrogen-bond acceptors (Lipinski definition) is 3. The molecule has 0 saturated heterocycles. The molecule has 5 nitrogen and oxygen atoms in total. The molecular formula is C15H25N5S. The van der Waals surface area contributed by atoms with Gasteiger partial charge >= 0.3 is 0 Å². The van der Waals surface area contributed by atoms with Crippen LogP contribution in [0.5, 0.6) is 0 Å². The first-order valence-corrected chi connectivity index (χ1v) is 8.37. The third kappa shape index (κ3) is 2.66. The highest BCUT2D eigenvalue weighted by molar-refractivity contribution is 7.71. The molecule has 0 radical (unpaired) electrons. The minimum Gasteiger partial charge on any atom is -0.328 e. The van der Waals surface area contributed by atoms with Gasteiger partial charge in [0.05, 0.1) is 5.69 Å². The van der Waals surface area contributed by atoms with Gasteiger partial charge in [0.25, 0.3) is 0 Å². The first-order chi connectivity index (χ1) is 10.1. The molecule has 0 unspecified atom stereocenters. The number of nitrogens with one attached hydrogen (secondary N) is 1. The summed E-state index contributed by atoms with van der Waals surface area (Å²) in [4.78, 5) is 5.83. The molecule has 0 aliphatic heterocycles. The van der Waals surface area contributed by atoms with E-state index in [1.54, 1.807) is 0 Å². The van der Waals surface area contributed by atoms with E-state index in [0.717, 1.165) is 47.2 Å². The highest BCUT2D eigenvalue weighted by Gasteiger charge is 2.20. The number of hydrogen-bond donors (Lipinski definition) is 1. The zero-order chi connectivity index (χ0) is 15.0. The Morgan fingerprint density at radius 3 is 2.76 bits per heavy atom. The first kappa shape index (κ1) is 14.8. The van der Waals surface area contributed by atoms with Crippen molar-refractivity contribution in [1.82, 2.24) is 24.2 Å². The fourth-order valence-electron chi connectivity index (χ4n) is 3.52. The SMILES string of the molecule is CCc1nn(C)c2c1[nH]c(=S)n2CCN(C)C1CCCC1. The van der Waals surface area contributed by atoms with Crippen molar-refractivity contribution in [3.05, 3.63) is 10.5 Å². The van der Waals surface area contributed by atoms with Gasteiger partial charge in [0.15, 0.2) is 10.4 Å². The molecule has 0 bridgehead atoms. The normalized spacial score (nSPS) is 16.6. The summed E-state index contributed by atoms with van der Waals surface area (Å²) in [5, 5.41) is 4.58. The van der Waals surface area contributed by atoms with Crippen molar-refractivity contribution < 1.29 is 0 Å². The van der Waals surface area contributed by atoms with E-state index in [0.29, 0.717) is 0 Å². The number of aryl methyl sites for hydroxylation is 2. The van der Waals surface area contributed by atoms with Crippen LogP contribution in [0.3, 0.4) is 0 Å². The number of aromatic nitrogens is 4. The van der Waals surface area contributed by atoms with Crippen LogP contribution in [0.4, 0.5) is 0 Å². The Morgan fingerprint density at radius 2 is 2.10 bits per heavy atom. The maximum absolute atomic E-state index is 5.51. The molecule has 1 aliphatic carbocycles. The largest absolute Gasteiger partial charge is 0.328 e. The summed E-state index contributed by atoms with van der Waals surface area (Å²) in [5.74, 6) is 0. The van der Waals surface area contributed by atoms with Gasteiger partial charge in [-0.3, -0.25) is 4.68 Å². The molecule has 21 heavy (non-hydrogen) atoms. The van der Waals surface area contributed by atoms with Gasteiger partial charge in [0.1, 0.15) is 5.52 Å². The van der Waals surface area contributed by atoms with Crippen molar-refractivity contribution in [3.8, 4) is 0 Å². The molecule has 2 heterocycles. The predicted octanol–water partition coefficient (Wildman–Crippen LogP) is 2.87. The second-order valence-corrected chi connectivity index (χ2v) is 6.51. The van der Waals surface area contributed by atoms with Crippen LogP contribution in [0.1, 0.15) is 38.3 Å². The zero-order valence-corrected chi connectivity index (χ0v) is 14.0. The maximum atomic E-state index is 5.51. The van der Waals surface area contributed by atoms with Crippen molar-refractivity contribution in [2.45, 2.75) is 51.6 Å². The summed E-state index contributed by atoms with van der Waals surface area (Å²) in [7, 11) is 4.24. The second kappa shape index (κ2) is 5.93. The first-order valence-electron chi connectivity index (χ1n) is 7.96. The molecule has 0 atom stereocenters. The summed E-state index contributed by atoms with van der Waals surface area (Å²) in [5.41, 5.74) is 3.33. The van der Waals surface area contributed by atoms with Crippen LogP contribution in [0.25, 0.3) is 11.2 Å². The Balaban J connectivity index is 1.81. The molecule has 1 N–H and O–H groups in total. The predicted molar refractivity (Wildman–Crippen MR) is 88.2 cm³/mol. The van der Waals surface area contributed by atoms with Crippen LogP contribution in [-0.4, -0.2) is 43.9 Å². The third-order valence-corrected chi connectivity index (χ3v) is 5.10. The van der Waals surface area contributed by atoms with E-state index in [9.17, 15) is 0 Å². The Hall–Kier alpha value is -1.14. The molecule has 1 saturated carbocycles. The van der Waals surface area contributed by atoms with E-state index < -0.39 is 0 Å². The van der Waals surface area contributed by atoms with Gasteiger partial charge in [-0.25, -0.2) is 0 Å². The summed E-state index contributed by atoms with van der Waals surface area (Å²) in [6.07, 6.45) is 6.37. The molecule has 1 fully saturated rings. The lowest BCUT2D eigenvalue weighted by molar-refractivity contribution is 0.236. The molecule has 0 amide bonds. The number of aromatic amines is 1. The monoisotopic (exact) mass is 307 g/mol. The number of fused-ring (bicyclic) bond motifs is 1. The molecule has 3 rings (SSSR count). The van der Waals surface area contributed by atoms with Crippen molar-refractivity contribution in [2.75, 3.05) is 13.6 Å². The van der Waals surface area contributed by atoms with Crippen molar-refractivity contribution in [1.29, 1.82) is 0 Å². The number of nitrogens with zero attached hydrogens (tertiary/aromatic N) is 4. The van der Waals surface area contributed by atoms with Crippen molar-refractivity contribution >= 4 is 23.4 Å². The molecule has 2 aromatic rings. The highest BCUT2D eigenvalue weighted by Crippen LogP contribution is 2.23. The Bertz CT molecular complexity index is 674. The number of H-pyrrole nitrogens is 1.